The van der Waals surface area contributed by atoms with Gasteiger partial charge in [-0.2, -0.15) is 4.31 Å². The fraction of sp³-hybridized carbons (Fsp3) is 0.278. The van der Waals surface area contributed by atoms with Gasteiger partial charge in [0.15, 0.2) is 6.67 Å². The Balaban J connectivity index is 1.37. The summed E-state index contributed by atoms with van der Waals surface area (Å²) < 4.78 is 27.0. The molecule has 0 spiro atoms. The highest BCUT2D eigenvalue weighted by Gasteiger charge is 2.30. The monoisotopic (exact) mass is 419 g/mol. The van der Waals surface area contributed by atoms with E-state index >= 15 is 0 Å². The van der Waals surface area contributed by atoms with Crippen LogP contribution < -0.4 is 4.90 Å². The second-order valence-electron chi connectivity index (χ2n) is 6.62. The second-order valence-corrected chi connectivity index (χ2v) is 8.99. The molecule has 0 aliphatic carbocycles. The van der Waals surface area contributed by atoms with Crippen LogP contribution in [0.5, 0.6) is 0 Å². The number of nitrogens with zero attached hydrogens (tertiary/aromatic N) is 5. The lowest BCUT2D eigenvalue weighted by atomic mass is 10.2. The highest BCUT2D eigenvalue weighted by atomic mass is 35.5. The number of hydrogen-bond acceptors (Lipinski definition) is 5. The first-order valence-electron chi connectivity index (χ1n) is 8.95. The number of sulfonamides is 1. The van der Waals surface area contributed by atoms with Crippen LogP contribution in [0.1, 0.15) is 0 Å². The summed E-state index contributed by atoms with van der Waals surface area (Å²) in [6, 6.07) is 16.0. The van der Waals surface area contributed by atoms with Crippen molar-refractivity contribution >= 4 is 21.6 Å². The number of benzene rings is 2. The molecule has 28 heavy (non-hydrogen) atoms. The summed E-state index contributed by atoms with van der Waals surface area (Å²) in [4.78, 5) is 3.05. The Morgan fingerprint density at radius 3 is 2.36 bits per heavy atom. The smallest absolute Gasteiger partial charge is 0.243 e. The number of tetrazole rings is 1. The van der Waals surface area contributed by atoms with Gasteiger partial charge in [-0.05, 0) is 29.5 Å². The minimum atomic E-state index is -3.50. The van der Waals surface area contributed by atoms with Gasteiger partial charge in [-0.3, -0.25) is 0 Å². The summed E-state index contributed by atoms with van der Waals surface area (Å²) in [5, 5.41) is 13.2. The fourth-order valence-electron chi connectivity index (χ4n) is 3.17. The predicted molar refractivity (Wildman–Crippen MR) is 104 cm³/mol. The summed E-state index contributed by atoms with van der Waals surface area (Å²) >= 11 is 5.85. The molecule has 1 N–H and O–H groups in total. The van der Waals surface area contributed by atoms with E-state index in [1.165, 1.54) is 9.21 Å². The molecule has 1 aliphatic rings. The minimum absolute atomic E-state index is 0.269. The number of aromatic nitrogens is 4. The van der Waals surface area contributed by atoms with Crippen molar-refractivity contribution in [2.45, 2.75) is 11.6 Å². The van der Waals surface area contributed by atoms with E-state index in [9.17, 15) is 8.42 Å². The number of piperazine rings is 1. The molecule has 2 aromatic carbocycles. The van der Waals surface area contributed by atoms with Crippen LogP contribution in [-0.2, 0) is 16.7 Å². The van der Waals surface area contributed by atoms with Crippen LogP contribution in [0.15, 0.2) is 59.5 Å². The standard InChI is InChI=1S/C18H19ClN6O2S/c19-16-6-8-17(9-7-16)28(26,27)24-12-10-23(11-13-24)14-25-21-18(20-22-25)15-4-2-1-3-5-15/h1-9H,10-14H2/p+1. The highest BCUT2D eigenvalue weighted by Crippen LogP contribution is 2.18. The molecule has 8 nitrogen and oxygen atoms in total. The van der Waals surface area contributed by atoms with Crippen LogP contribution >= 0.6 is 11.6 Å². The SMILES string of the molecule is O=S(=O)(c1ccc(Cl)cc1)N1CC[NH+](Cn2nnc(-c3ccccc3)n2)CC1. The van der Waals surface area contributed by atoms with E-state index in [2.05, 4.69) is 15.4 Å². The average molecular weight is 420 g/mol. The molecular weight excluding hydrogens is 400 g/mol. The molecule has 0 amide bonds. The zero-order valence-corrected chi connectivity index (χ0v) is 16.6. The molecule has 0 radical (unpaired) electrons. The van der Waals surface area contributed by atoms with Crippen molar-refractivity contribution in [2.24, 2.45) is 0 Å². The summed E-state index contributed by atoms with van der Waals surface area (Å²) in [7, 11) is -3.50. The van der Waals surface area contributed by atoms with E-state index in [1.54, 1.807) is 29.1 Å². The van der Waals surface area contributed by atoms with Crippen molar-refractivity contribution in [3.8, 4) is 11.4 Å². The van der Waals surface area contributed by atoms with Crippen molar-refractivity contribution in [1.29, 1.82) is 0 Å². The summed E-state index contributed by atoms with van der Waals surface area (Å²) in [6.45, 7) is 2.79. The molecule has 1 aromatic heterocycles. The zero-order chi connectivity index (χ0) is 19.6. The van der Waals surface area contributed by atoms with Gasteiger partial charge in [0.05, 0.1) is 31.1 Å². The Labute approximate surface area is 168 Å². The normalized spacial score (nSPS) is 16.3. The van der Waals surface area contributed by atoms with Crippen molar-refractivity contribution in [3.05, 3.63) is 59.6 Å². The van der Waals surface area contributed by atoms with E-state index in [0.717, 1.165) is 5.56 Å². The predicted octanol–water partition coefficient (Wildman–Crippen LogP) is 0.540. The van der Waals surface area contributed by atoms with E-state index in [1.807, 2.05) is 30.3 Å². The quantitative estimate of drug-likeness (QED) is 0.652. The maximum atomic E-state index is 12.8. The molecule has 3 aromatic rings. The first kappa shape index (κ1) is 19.0. The minimum Gasteiger partial charge on any atom is -0.313 e. The second kappa shape index (κ2) is 7.96. The maximum absolute atomic E-state index is 12.8. The van der Waals surface area contributed by atoms with Crippen LogP contribution in [-0.4, -0.2) is 59.1 Å². The van der Waals surface area contributed by atoms with Gasteiger partial charge < -0.3 is 4.90 Å². The Bertz CT molecular complexity index is 1030. The topological polar surface area (TPSA) is 85.4 Å². The molecule has 146 valence electrons. The van der Waals surface area contributed by atoms with Crippen molar-refractivity contribution in [2.75, 3.05) is 26.2 Å². The molecule has 0 saturated carbocycles. The lowest BCUT2D eigenvalue weighted by molar-refractivity contribution is -0.927. The number of quaternary nitrogens is 1. The highest BCUT2D eigenvalue weighted by molar-refractivity contribution is 7.89. The molecule has 4 rings (SSSR count). The van der Waals surface area contributed by atoms with E-state index in [0.29, 0.717) is 43.7 Å². The van der Waals surface area contributed by atoms with Crippen LogP contribution in [0.3, 0.4) is 0 Å². The van der Waals surface area contributed by atoms with Gasteiger partial charge >= 0.3 is 0 Å². The fourth-order valence-corrected chi connectivity index (χ4v) is 4.74. The zero-order valence-electron chi connectivity index (χ0n) is 15.1. The first-order chi connectivity index (χ1) is 13.5. The van der Waals surface area contributed by atoms with Gasteiger partial charge in [-0.15, -0.1) is 15.0 Å². The number of nitrogens with one attached hydrogen (secondary N) is 1. The molecule has 10 heteroatoms. The molecule has 1 aliphatic heterocycles. The van der Waals surface area contributed by atoms with Gasteiger partial charge in [0.25, 0.3) is 0 Å². The van der Waals surface area contributed by atoms with E-state index in [4.69, 9.17) is 11.6 Å². The average Bonchev–Trinajstić information content (AvgIpc) is 3.18. The van der Waals surface area contributed by atoms with Crippen LogP contribution in [0.25, 0.3) is 11.4 Å². The lowest BCUT2D eigenvalue weighted by Crippen LogP contribution is -3.14. The summed E-state index contributed by atoms with van der Waals surface area (Å²) in [6.07, 6.45) is 0. The van der Waals surface area contributed by atoms with Gasteiger partial charge in [-0.25, -0.2) is 8.42 Å². The molecule has 2 heterocycles. The van der Waals surface area contributed by atoms with Crippen LogP contribution in [0.2, 0.25) is 5.02 Å². The Morgan fingerprint density at radius 1 is 1.00 bits per heavy atom. The Hall–Kier alpha value is -2.33. The Kier molecular flexibility index (Phi) is 5.40. The number of halogens is 1. The number of hydrogen-bond donors (Lipinski definition) is 1. The van der Waals surface area contributed by atoms with E-state index in [-0.39, 0.29) is 4.90 Å². The van der Waals surface area contributed by atoms with Crippen LogP contribution in [0, 0.1) is 0 Å². The lowest BCUT2D eigenvalue weighted by Gasteiger charge is -2.30. The largest absolute Gasteiger partial charge is 0.313 e. The molecule has 0 atom stereocenters. The van der Waals surface area contributed by atoms with Gasteiger partial charge in [0.1, 0.15) is 0 Å². The van der Waals surface area contributed by atoms with Gasteiger partial charge in [0, 0.05) is 10.6 Å². The first-order valence-corrected chi connectivity index (χ1v) is 10.8. The van der Waals surface area contributed by atoms with Crippen molar-refractivity contribution < 1.29 is 13.3 Å². The Morgan fingerprint density at radius 2 is 1.68 bits per heavy atom. The van der Waals surface area contributed by atoms with E-state index < -0.39 is 10.0 Å². The molecule has 0 unspecified atom stereocenters. The van der Waals surface area contributed by atoms with Gasteiger partial charge in [0.2, 0.25) is 15.8 Å². The maximum Gasteiger partial charge on any atom is 0.243 e. The van der Waals surface area contributed by atoms with Crippen molar-refractivity contribution in [3.63, 3.8) is 0 Å². The molecule has 1 saturated heterocycles. The third-order valence-electron chi connectivity index (χ3n) is 4.73. The third kappa shape index (κ3) is 4.07. The van der Waals surface area contributed by atoms with Crippen molar-refractivity contribution in [1.82, 2.24) is 24.5 Å². The van der Waals surface area contributed by atoms with Gasteiger partial charge in [-0.1, -0.05) is 41.9 Å². The summed E-state index contributed by atoms with van der Waals surface area (Å²) in [5.41, 5.74) is 0.919. The molecule has 0 bridgehead atoms. The summed E-state index contributed by atoms with van der Waals surface area (Å²) in [5.74, 6) is 0.587. The number of rotatable bonds is 5. The molecule has 1 fully saturated rings. The van der Waals surface area contributed by atoms with Crippen LogP contribution in [0.4, 0.5) is 0 Å². The molecular formula is C18H20ClN6O2S+. The third-order valence-corrected chi connectivity index (χ3v) is 6.90.